The molecule has 2 unspecified atom stereocenters. The maximum Gasteiger partial charge on any atom is 0.247 e. The lowest BCUT2D eigenvalue weighted by Gasteiger charge is -2.30. The number of piperidine rings is 1. The standard InChI is InChI=1S/C20H31N3O2/c1-14(2)19(21-16(4)24)20(25)22-18-9-7-17(8-10-18)13-23-11-5-6-15(3)12-23/h7-10,14-15,19H,5-6,11-13H2,1-4H3,(H,21,24)(H,22,25). The second-order valence-electron chi connectivity index (χ2n) is 7.59. The van der Waals surface area contributed by atoms with E-state index in [1.165, 1.54) is 25.3 Å². The van der Waals surface area contributed by atoms with Gasteiger partial charge in [0.1, 0.15) is 6.04 Å². The van der Waals surface area contributed by atoms with Gasteiger partial charge in [0, 0.05) is 25.7 Å². The Labute approximate surface area is 151 Å². The summed E-state index contributed by atoms with van der Waals surface area (Å²) in [4.78, 5) is 26.2. The van der Waals surface area contributed by atoms with E-state index in [0.717, 1.165) is 31.2 Å². The molecule has 1 aromatic rings. The quantitative estimate of drug-likeness (QED) is 0.833. The van der Waals surface area contributed by atoms with Crippen LogP contribution >= 0.6 is 0 Å². The lowest BCUT2D eigenvalue weighted by molar-refractivity contribution is -0.126. The smallest absolute Gasteiger partial charge is 0.247 e. The molecule has 25 heavy (non-hydrogen) atoms. The van der Waals surface area contributed by atoms with Gasteiger partial charge < -0.3 is 10.6 Å². The first-order valence-electron chi connectivity index (χ1n) is 9.24. The van der Waals surface area contributed by atoms with Crippen LogP contribution in [0.25, 0.3) is 0 Å². The topological polar surface area (TPSA) is 61.4 Å². The number of likely N-dealkylation sites (tertiary alicyclic amines) is 1. The van der Waals surface area contributed by atoms with Crippen LogP contribution in [0, 0.1) is 11.8 Å². The van der Waals surface area contributed by atoms with Crippen molar-refractivity contribution in [1.29, 1.82) is 0 Å². The van der Waals surface area contributed by atoms with Crippen molar-refractivity contribution in [1.82, 2.24) is 10.2 Å². The van der Waals surface area contributed by atoms with Crippen molar-refractivity contribution in [2.45, 2.75) is 53.1 Å². The summed E-state index contributed by atoms with van der Waals surface area (Å²) in [7, 11) is 0. The van der Waals surface area contributed by atoms with Crippen LogP contribution in [0.1, 0.15) is 46.1 Å². The average Bonchev–Trinajstić information content (AvgIpc) is 2.54. The predicted octanol–water partition coefficient (Wildman–Crippen LogP) is 3.02. The van der Waals surface area contributed by atoms with Crippen molar-refractivity contribution < 1.29 is 9.59 Å². The molecule has 1 aliphatic rings. The molecule has 0 aromatic heterocycles. The van der Waals surface area contributed by atoms with Crippen molar-refractivity contribution in [3.05, 3.63) is 29.8 Å². The summed E-state index contributed by atoms with van der Waals surface area (Å²) in [6, 6.07) is 7.49. The minimum atomic E-state index is -0.521. The molecule has 2 N–H and O–H groups in total. The summed E-state index contributed by atoms with van der Waals surface area (Å²) in [6.45, 7) is 10.9. The number of nitrogens with zero attached hydrogens (tertiary/aromatic N) is 1. The lowest BCUT2D eigenvalue weighted by atomic mass is 10.00. The monoisotopic (exact) mass is 345 g/mol. The Morgan fingerprint density at radius 3 is 2.48 bits per heavy atom. The fourth-order valence-electron chi connectivity index (χ4n) is 3.36. The number of carbonyl (C=O) groups excluding carboxylic acids is 2. The van der Waals surface area contributed by atoms with E-state index < -0.39 is 6.04 Å². The third-order valence-electron chi connectivity index (χ3n) is 4.68. The van der Waals surface area contributed by atoms with Crippen LogP contribution in [0.5, 0.6) is 0 Å². The number of rotatable bonds is 6. The van der Waals surface area contributed by atoms with E-state index in [9.17, 15) is 9.59 Å². The van der Waals surface area contributed by atoms with Gasteiger partial charge in [0.25, 0.3) is 0 Å². The molecule has 0 bridgehead atoms. The van der Waals surface area contributed by atoms with Gasteiger partial charge in [0.2, 0.25) is 11.8 Å². The Morgan fingerprint density at radius 2 is 1.92 bits per heavy atom. The largest absolute Gasteiger partial charge is 0.344 e. The summed E-state index contributed by atoms with van der Waals surface area (Å²) in [6.07, 6.45) is 2.60. The van der Waals surface area contributed by atoms with E-state index >= 15 is 0 Å². The van der Waals surface area contributed by atoms with E-state index in [1.807, 2.05) is 26.0 Å². The van der Waals surface area contributed by atoms with Crippen molar-refractivity contribution in [3.8, 4) is 0 Å². The second kappa shape index (κ2) is 8.99. The number of amides is 2. The van der Waals surface area contributed by atoms with Crippen LogP contribution in [0.4, 0.5) is 5.69 Å². The zero-order chi connectivity index (χ0) is 18.4. The zero-order valence-electron chi connectivity index (χ0n) is 15.8. The maximum atomic E-state index is 12.4. The Balaban J connectivity index is 1.92. The van der Waals surface area contributed by atoms with E-state index in [2.05, 4.69) is 34.6 Å². The number of nitrogens with one attached hydrogen (secondary N) is 2. The Morgan fingerprint density at radius 1 is 1.24 bits per heavy atom. The molecule has 0 aliphatic carbocycles. The van der Waals surface area contributed by atoms with Crippen molar-refractivity contribution in [3.63, 3.8) is 0 Å². The van der Waals surface area contributed by atoms with Crippen molar-refractivity contribution in [2.75, 3.05) is 18.4 Å². The number of benzene rings is 1. The predicted molar refractivity (Wildman–Crippen MR) is 101 cm³/mol. The molecule has 0 spiro atoms. The van der Waals surface area contributed by atoms with E-state index in [4.69, 9.17) is 0 Å². The van der Waals surface area contributed by atoms with Gasteiger partial charge in [-0.3, -0.25) is 14.5 Å². The SMILES string of the molecule is CC(=O)NC(C(=O)Nc1ccc(CN2CCCC(C)C2)cc1)C(C)C. The fourth-order valence-corrected chi connectivity index (χ4v) is 3.36. The molecule has 1 saturated heterocycles. The Kier molecular flexibility index (Phi) is 7.00. The highest BCUT2D eigenvalue weighted by Gasteiger charge is 2.23. The normalized spacial score (nSPS) is 19.5. The number of hydrogen-bond donors (Lipinski definition) is 2. The van der Waals surface area contributed by atoms with E-state index in [-0.39, 0.29) is 17.7 Å². The highest BCUT2D eigenvalue weighted by Crippen LogP contribution is 2.19. The number of hydrogen-bond acceptors (Lipinski definition) is 3. The maximum absolute atomic E-state index is 12.4. The first-order valence-corrected chi connectivity index (χ1v) is 9.24. The summed E-state index contributed by atoms with van der Waals surface area (Å²) in [5.74, 6) is 0.432. The molecule has 5 heteroatoms. The first-order chi connectivity index (χ1) is 11.8. The van der Waals surface area contributed by atoms with Crippen LogP contribution in [0.15, 0.2) is 24.3 Å². The van der Waals surface area contributed by atoms with Gasteiger partial charge in [-0.05, 0) is 48.9 Å². The second-order valence-corrected chi connectivity index (χ2v) is 7.59. The van der Waals surface area contributed by atoms with Crippen molar-refractivity contribution >= 4 is 17.5 Å². The summed E-state index contributed by atoms with van der Waals surface area (Å²) in [5, 5.41) is 5.61. The zero-order valence-corrected chi connectivity index (χ0v) is 15.8. The molecule has 1 aromatic carbocycles. The molecule has 0 saturated carbocycles. The molecule has 5 nitrogen and oxygen atoms in total. The third-order valence-corrected chi connectivity index (χ3v) is 4.68. The Bertz CT molecular complexity index is 583. The number of carbonyl (C=O) groups is 2. The van der Waals surface area contributed by atoms with Crippen LogP contribution in [0.2, 0.25) is 0 Å². The summed E-state index contributed by atoms with van der Waals surface area (Å²) < 4.78 is 0. The highest BCUT2D eigenvalue weighted by atomic mass is 16.2. The molecule has 2 amide bonds. The van der Waals surface area contributed by atoms with Crippen LogP contribution in [0.3, 0.4) is 0 Å². The summed E-state index contributed by atoms with van der Waals surface area (Å²) in [5.41, 5.74) is 2.02. The van der Waals surface area contributed by atoms with E-state index in [0.29, 0.717) is 0 Å². The van der Waals surface area contributed by atoms with Gasteiger partial charge in [-0.2, -0.15) is 0 Å². The van der Waals surface area contributed by atoms with Gasteiger partial charge in [0.15, 0.2) is 0 Å². The molecule has 2 rings (SSSR count). The summed E-state index contributed by atoms with van der Waals surface area (Å²) >= 11 is 0. The van der Waals surface area contributed by atoms with Crippen LogP contribution in [-0.2, 0) is 16.1 Å². The lowest BCUT2D eigenvalue weighted by Crippen LogP contribution is -2.46. The Hall–Kier alpha value is -1.88. The first kappa shape index (κ1) is 19.4. The van der Waals surface area contributed by atoms with Gasteiger partial charge in [-0.25, -0.2) is 0 Å². The van der Waals surface area contributed by atoms with Gasteiger partial charge >= 0.3 is 0 Å². The molecule has 1 fully saturated rings. The molecule has 0 radical (unpaired) electrons. The average molecular weight is 345 g/mol. The van der Waals surface area contributed by atoms with Gasteiger partial charge in [0.05, 0.1) is 0 Å². The molecule has 138 valence electrons. The van der Waals surface area contributed by atoms with Gasteiger partial charge in [-0.1, -0.05) is 32.9 Å². The molecule has 2 atom stereocenters. The van der Waals surface area contributed by atoms with Crippen molar-refractivity contribution in [2.24, 2.45) is 11.8 Å². The molecular formula is C20H31N3O2. The molecular weight excluding hydrogens is 314 g/mol. The fraction of sp³-hybridized carbons (Fsp3) is 0.600. The van der Waals surface area contributed by atoms with Gasteiger partial charge in [-0.15, -0.1) is 0 Å². The highest BCUT2D eigenvalue weighted by molar-refractivity contribution is 5.97. The molecule has 1 aliphatic heterocycles. The minimum Gasteiger partial charge on any atom is -0.344 e. The molecule has 1 heterocycles. The number of anilines is 1. The minimum absolute atomic E-state index is 0.0317. The van der Waals surface area contributed by atoms with Crippen LogP contribution < -0.4 is 10.6 Å². The van der Waals surface area contributed by atoms with Crippen LogP contribution in [-0.4, -0.2) is 35.8 Å². The third kappa shape index (κ3) is 6.16. The van der Waals surface area contributed by atoms with E-state index in [1.54, 1.807) is 0 Å².